The van der Waals surface area contributed by atoms with Crippen molar-refractivity contribution in [3.8, 4) is 0 Å². The van der Waals surface area contributed by atoms with Crippen molar-refractivity contribution in [1.29, 1.82) is 0 Å². The summed E-state index contributed by atoms with van der Waals surface area (Å²) in [7, 11) is 3.21. The van der Waals surface area contributed by atoms with Crippen LogP contribution in [0.2, 0.25) is 0 Å². The second kappa shape index (κ2) is 7.85. The highest BCUT2D eigenvalue weighted by Gasteiger charge is 2.16. The highest BCUT2D eigenvalue weighted by Crippen LogP contribution is 2.21. The Bertz CT molecular complexity index is 662. The van der Waals surface area contributed by atoms with Crippen molar-refractivity contribution in [3.63, 3.8) is 0 Å². The first-order chi connectivity index (χ1) is 10.7. The molecule has 1 aromatic carbocycles. The molecule has 0 aliphatic carbocycles. The van der Waals surface area contributed by atoms with E-state index in [0.717, 1.165) is 0 Å². The van der Waals surface area contributed by atoms with Crippen molar-refractivity contribution in [3.05, 3.63) is 34.2 Å². The number of nitrogens with one attached hydrogen (secondary N) is 2. The van der Waals surface area contributed by atoms with Gasteiger partial charge in [-0.1, -0.05) is 0 Å². The van der Waals surface area contributed by atoms with Gasteiger partial charge in [0, 0.05) is 26.4 Å². The van der Waals surface area contributed by atoms with Crippen LogP contribution in [0.1, 0.15) is 5.69 Å². The molecular formula is C13H15BrFN5O2. The zero-order valence-corrected chi connectivity index (χ0v) is 13.6. The summed E-state index contributed by atoms with van der Waals surface area (Å²) in [5.41, 5.74) is 1.08. The van der Waals surface area contributed by atoms with Crippen molar-refractivity contribution in [2.75, 3.05) is 37.9 Å². The molecule has 0 bridgehead atoms. The van der Waals surface area contributed by atoms with Crippen LogP contribution in [0.25, 0.3) is 0 Å². The van der Waals surface area contributed by atoms with E-state index in [2.05, 4.69) is 41.9 Å². The van der Waals surface area contributed by atoms with E-state index >= 15 is 0 Å². The molecule has 22 heavy (non-hydrogen) atoms. The van der Waals surface area contributed by atoms with Crippen LogP contribution in [0.4, 0.5) is 15.9 Å². The summed E-state index contributed by atoms with van der Waals surface area (Å²) in [6.45, 7) is 1.07. The zero-order chi connectivity index (χ0) is 15.9. The van der Waals surface area contributed by atoms with Gasteiger partial charge in [-0.25, -0.2) is 9.02 Å². The molecule has 7 nitrogen and oxygen atoms in total. The van der Waals surface area contributed by atoms with Gasteiger partial charge in [-0.3, -0.25) is 4.99 Å². The Morgan fingerprint density at radius 2 is 2.27 bits per heavy atom. The molecule has 1 aromatic heterocycles. The van der Waals surface area contributed by atoms with Crippen molar-refractivity contribution >= 4 is 33.3 Å². The van der Waals surface area contributed by atoms with Crippen LogP contribution in [0, 0.1) is 5.82 Å². The van der Waals surface area contributed by atoms with Gasteiger partial charge in [0.25, 0.3) is 0 Å². The lowest BCUT2D eigenvalue weighted by Gasteiger charge is -2.09. The van der Waals surface area contributed by atoms with Gasteiger partial charge in [0.05, 0.1) is 11.1 Å². The predicted molar refractivity (Wildman–Crippen MR) is 84.8 cm³/mol. The highest BCUT2D eigenvalue weighted by molar-refractivity contribution is 9.10. The molecule has 0 unspecified atom stereocenters. The van der Waals surface area contributed by atoms with E-state index in [1.54, 1.807) is 26.3 Å². The van der Waals surface area contributed by atoms with Crippen LogP contribution in [0.15, 0.2) is 32.3 Å². The topological polar surface area (TPSA) is 84.6 Å². The minimum absolute atomic E-state index is 0.342. The molecule has 0 aliphatic rings. The van der Waals surface area contributed by atoms with Gasteiger partial charge >= 0.3 is 0 Å². The molecule has 0 fully saturated rings. The number of hydrogen-bond donors (Lipinski definition) is 2. The summed E-state index contributed by atoms with van der Waals surface area (Å²) in [6.07, 6.45) is 0. The maximum absolute atomic E-state index is 13.3. The van der Waals surface area contributed by atoms with E-state index in [0.29, 0.717) is 40.7 Å². The van der Waals surface area contributed by atoms with E-state index in [9.17, 15) is 4.39 Å². The van der Waals surface area contributed by atoms with Gasteiger partial charge in [0.2, 0.25) is 5.82 Å². The summed E-state index contributed by atoms with van der Waals surface area (Å²) in [5.74, 6) is 0.552. The molecule has 9 heteroatoms. The third-order valence-electron chi connectivity index (χ3n) is 2.72. The van der Waals surface area contributed by atoms with E-state index in [4.69, 9.17) is 9.37 Å². The van der Waals surface area contributed by atoms with Gasteiger partial charge in [0.15, 0.2) is 11.5 Å². The fourth-order valence-electron chi connectivity index (χ4n) is 1.66. The number of aliphatic imine (C=N–C) groups is 1. The fraction of sp³-hybridized carbons (Fsp3) is 0.308. The average Bonchev–Trinajstić information content (AvgIpc) is 2.97. The van der Waals surface area contributed by atoms with Crippen LogP contribution in [-0.2, 0) is 4.74 Å². The Morgan fingerprint density at radius 3 is 2.95 bits per heavy atom. The standard InChI is InChI=1S/C13H15BrFN5O2/c1-16-12(18-8-3-4-10(15)9(14)7-8)11-13(20-22-19-11)17-5-6-21-2/h3-4,7H,5-6H2,1-2H3,(H,16,18)(H,17,20). The maximum atomic E-state index is 13.3. The molecular weight excluding hydrogens is 357 g/mol. The first-order valence-corrected chi connectivity index (χ1v) is 7.19. The summed E-state index contributed by atoms with van der Waals surface area (Å²) < 4.78 is 23.3. The Morgan fingerprint density at radius 1 is 1.45 bits per heavy atom. The summed E-state index contributed by atoms with van der Waals surface area (Å²) in [4.78, 5) is 4.13. The number of hydrogen-bond acceptors (Lipinski definition) is 6. The van der Waals surface area contributed by atoms with Gasteiger partial charge in [-0.15, -0.1) is 0 Å². The number of rotatable bonds is 6. The Kier molecular flexibility index (Phi) is 5.84. The fourth-order valence-corrected chi connectivity index (χ4v) is 2.04. The number of methoxy groups -OCH3 is 1. The molecule has 0 atom stereocenters. The first-order valence-electron chi connectivity index (χ1n) is 6.40. The number of nitrogens with zero attached hydrogens (tertiary/aromatic N) is 3. The Labute approximate surface area is 135 Å². The predicted octanol–water partition coefficient (Wildman–Crippen LogP) is 2.52. The highest BCUT2D eigenvalue weighted by atomic mass is 79.9. The Hall–Kier alpha value is -2.00. The van der Waals surface area contributed by atoms with Gasteiger partial charge < -0.3 is 15.4 Å². The van der Waals surface area contributed by atoms with Crippen molar-refractivity contribution in [2.24, 2.45) is 4.99 Å². The van der Waals surface area contributed by atoms with Crippen LogP contribution >= 0.6 is 15.9 Å². The van der Waals surface area contributed by atoms with E-state index in [1.807, 2.05) is 0 Å². The smallest absolute Gasteiger partial charge is 0.202 e. The molecule has 0 saturated carbocycles. The molecule has 118 valence electrons. The van der Waals surface area contributed by atoms with Crippen molar-refractivity contribution in [1.82, 2.24) is 10.3 Å². The zero-order valence-electron chi connectivity index (χ0n) is 12.1. The number of ether oxygens (including phenoxy) is 1. The van der Waals surface area contributed by atoms with E-state index in [1.165, 1.54) is 6.07 Å². The molecule has 2 aromatic rings. The van der Waals surface area contributed by atoms with Crippen molar-refractivity contribution < 1.29 is 13.8 Å². The normalized spacial score (nSPS) is 11.5. The van der Waals surface area contributed by atoms with Crippen LogP contribution in [0.3, 0.4) is 0 Å². The number of anilines is 2. The molecule has 0 amide bonds. The number of aromatic nitrogens is 2. The molecule has 2 N–H and O–H groups in total. The van der Waals surface area contributed by atoms with Gasteiger partial charge in [-0.05, 0) is 44.4 Å². The summed E-state index contributed by atoms with van der Waals surface area (Å²) in [5, 5.41) is 13.7. The largest absolute Gasteiger partial charge is 0.383 e. The lowest BCUT2D eigenvalue weighted by atomic mass is 10.3. The molecule has 0 radical (unpaired) electrons. The Balaban J connectivity index is 2.15. The number of benzene rings is 1. The minimum Gasteiger partial charge on any atom is -0.383 e. The molecule has 0 aliphatic heterocycles. The third-order valence-corrected chi connectivity index (χ3v) is 3.33. The van der Waals surface area contributed by atoms with Crippen molar-refractivity contribution in [2.45, 2.75) is 0 Å². The average molecular weight is 372 g/mol. The molecule has 0 spiro atoms. The monoisotopic (exact) mass is 371 g/mol. The third kappa shape index (κ3) is 4.01. The van der Waals surface area contributed by atoms with Crippen LogP contribution in [0.5, 0.6) is 0 Å². The van der Waals surface area contributed by atoms with Crippen LogP contribution < -0.4 is 10.6 Å². The van der Waals surface area contributed by atoms with E-state index < -0.39 is 0 Å². The quantitative estimate of drug-likeness (QED) is 0.461. The minimum atomic E-state index is -0.342. The molecule has 2 rings (SSSR count). The maximum Gasteiger partial charge on any atom is 0.202 e. The SMILES string of the molecule is CN=C(Nc1ccc(F)c(Br)c1)c1nonc1NCCOC. The second-order valence-electron chi connectivity index (χ2n) is 4.21. The summed E-state index contributed by atoms with van der Waals surface area (Å²) >= 11 is 3.14. The molecule has 0 saturated heterocycles. The lowest BCUT2D eigenvalue weighted by molar-refractivity contribution is 0.210. The second-order valence-corrected chi connectivity index (χ2v) is 5.06. The number of halogens is 2. The first kappa shape index (κ1) is 16.4. The lowest BCUT2D eigenvalue weighted by Crippen LogP contribution is -2.17. The summed E-state index contributed by atoms with van der Waals surface area (Å²) in [6, 6.07) is 4.54. The van der Waals surface area contributed by atoms with Gasteiger partial charge in [0.1, 0.15) is 5.82 Å². The van der Waals surface area contributed by atoms with E-state index in [-0.39, 0.29) is 5.82 Å². The molecule has 1 heterocycles. The van der Waals surface area contributed by atoms with Gasteiger partial charge in [-0.2, -0.15) is 0 Å². The van der Waals surface area contributed by atoms with Crippen LogP contribution in [-0.4, -0.2) is 43.5 Å². The number of amidine groups is 1.